The van der Waals surface area contributed by atoms with Crippen molar-refractivity contribution in [2.45, 2.75) is 12.8 Å². The molecule has 1 fully saturated rings. The van der Waals surface area contributed by atoms with Crippen LogP contribution in [0.5, 0.6) is 23.0 Å². The van der Waals surface area contributed by atoms with E-state index >= 15 is 4.39 Å². The van der Waals surface area contributed by atoms with E-state index in [4.69, 9.17) is 14.2 Å². The second-order valence-corrected chi connectivity index (χ2v) is 10.1. The predicted octanol–water partition coefficient (Wildman–Crippen LogP) is 6.34. The van der Waals surface area contributed by atoms with Crippen molar-refractivity contribution in [1.29, 1.82) is 0 Å². The molecule has 2 aliphatic carbocycles. The average Bonchev–Trinajstić information content (AvgIpc) is 3.74. The molecule has 0 saturated heterocycles. The molecule has 0 atom stereocenters. The van der Waals surface area contributed by atoms with Gasteiger partial charge in [0, 0.05) is 35.1 Å². The lowest BCUT2D eigenvalue weighted by Gasteiger charge is -2.16. The highest BCUT2D eigenvalue weighted by atomic mass is 19.1. The standard InChI is InChI=1S/C33H23F2N3O6/c1-42-29-16-23-25(17-30(29)43-18-19-3-2-4-26(19)39)36-14-11-27(23)44-28-10-9-22(15-24(28)35)38-32(41)33(12-13-33)31(40)37-21-7-5-20(34)6-8-21/h5-11,14-17,39H,12-13,18H2,1H3,(H,37,40)(H,38,41). The maximum atomic E-state index is 15.2. The number of anilines is 2. The van der Waals surface area contributed by atoms with E-state index in [0.717, 1.165) is 6.07 Å². The summed E-state index contributed by atoms with van der Waals surface area (Å²) in [7, 11) is 1.46. The lowest BCUT2D eigenvalue weighted by Crippen LogP contribution is -2.35. The number of aliphatic hydroxyl groups is 1. The number of pyridine rings is 1. The Kier molecular flexibility index (Phi) is 7.35. The van der Waals surface area contributed by atoms with Crippen LogP contribution < -0.4 is 24.8 Å². The molecule has 2 aliphatic rings. The van der Waals surface area contributed by atoms with Crippen LogP contribution in [-0.2, 0) is 9.59 Å². The first-order valence-corrected chi connectivity index (χ1v) is 13.4. The predicted molar refractivity (Wildman–Crippen MR) is 156 cm³/mol. The van der Waals surface area contributed by atoms with Crippen molar-refractivity contribution in [1.82, 2.24) is 4.98 Å². The highest BCUT2D eigenvalue weighted by Crippen LogP contribution is 2.47. The molecular weight excluding hydrogens is 572 g/mol. The number of carbonyl (C=O) groups excluding carboxylic acids is 2. The molecular formula is C33H23F2N3O6. The molecule has 44 heavy (non-hydrogen) atoms. The number of aromatic nitrogens is 1. The Balaban J connectivity index is 1.16. The molecule has 1 aromatic heterocycles. The van der Waals surface area contributed by atoms with Gasteiger partial charge in [0.05, 0.1) is 18.2 Å². The molecule has 1 saturated carbocycles. The Labute approximate surface area is 249 Å². The number of nitrogens with one attached hydrogen (secondary N) is 2. The van der Waals surface area contributed by atoms with E-state index in [1.54, 1.807) is 18.2 Å². The third-order valence-corrected chi connectivity index (χ3v) is 7.17. The lowest BCUT2D eigenvalue weighted by atomic mass is 10.0. The Morgan fingerprint density at radius 1 is 0.909 bits per heavy atom. The second-order valence-electron chi connectivity index (χ2n) is 10.1. The van der Waals surface area contributed by atoms with Crippen LogP contribution in [0, 0.1) is 17.0 Å². The summed E-state index contributed by atoms with van der Waals surface area (Å²) in [5.74, 6) is -1.51. The summed E-state index contributed by atoms with van der Waals surface area (Å²) in [6, 6.07) is 14.0. The number of carbonyl (C=O) groups is 2. The van der Waals surface area contributed by atoms with Crippen LogP contribution in [0.2, 0.25) is 0 Å². The maximum absolute atomic E-state index is 15.2. The van der Waals surface area contributed by atoms with E-state index in [-0.39, 0.29) is 29.6 Å². The van der Waals surface area contributed by atoms with Crippen molar-refractivity contribution in [3.05, 3.63) is 107 Å². The Bertz CT molecular complexity index is 1970. The van der Waals surface area contributed by atoms with Gasteiger partial charge in [-0.15, -0.1) is 0 Å². The number of hydrogen-bond donors (Lipinski definition) is 3. The smallest absolute Gasteiger partial charge is 0.240 e. The summed E-state index contributed by atoms with van der Waals surface area (Å²) in [6.07, 6.45) is 2.15. The molecule has 3 aromatic carbocycles. The SMILES string of the molecule is COc1cc2c(Oc3ccc(NC(=O)C4(C(=O)Nc5ccc(F)cc5)CC4)cc3F)ccnc2cc1OCC1=C=C=C=C1O. The van der Waals surface area contributed by atoms with Gasteiger partial charge < -0.3 is 30.0 Å². The van der Waals surface area contributed by atoms with E-state index in [2.05, 4.69) is 32.8 Å². The molecule has 11 heteroatoms. The van der Waals surface area contributed by atoms with Crippen LogP contribution in [0.25, 0.3) is 10.9 Å². The van der Waals surface area contributed by atoms with E-state index < -0.39 is 28.9 Å². The first kappa shape index (κ1) is 28.3. The van der Waals surface area contributed by atoms with Crippen LogP contribution >= 0.6 is 0 Å². The third-order valence-electron chi connectivity index (χ3n) is 7.17. The summed E-state index contributed by atoms with van der Waals surface area (Å²) < 4.78 is 45.5. The summed E-state index contributed by atoms with van der Waals surface area (Å²) >= 11 is 0. The van der Waals surface area contributed by atoms with Crippen LogP contribution in [-0.4, -0.2) is 35.6 Å². The quantitative estimate of drug-likeness (QED) is 0.145. The number of hydrogen-bond acceptors (Lipinski definition) is 7. The maximum Gasteiger partial charge on any atom is 0.240 e. The van der Waals surface area contributed by atoms with Gasteiger partial charge in [0.15, 0.2) is 28.8 Å². The minimum absolute atomic E-state index is 0.00195. The molecule has 9 nitrogen and oxygen atoms in total. The first-order chi connectivity index (χ1) is 21.3. The van der Waals surface area contributed by atoms with E-state index in [0.29, 0.717) is 46.5 Å². The molecule has 6 rings (SSSR count). The van der Waals surface area contributed by atoms with Crippen LogP contribution in [0.4, 0.5) is 20.2 Å². The Hall–Kier alpha value is -5.85. The van der Waals surface area contributed by atoms with Gasteiger partial charge in [-0.2, -0.15) is 0 Å². The van der Waals surface area contributed by atoms with Crippen molar-refractivity contribution in [2.75, 3.05) is 24.4 Å². The molecule has 2 amide bonds. The normalized spacial score (nSPS) is 14.1. The molecule has 1 heterocycles. The molecule has 0 spiro atoms. The lowest BCUT2D eigenvalue weighted by molar-refractivity contribution is -0.131. The van der Waals surface area contributed by atoms with Crippen LogP contribution in [0.3, 0.4) is 0 Å². The van der Waals surface area contributed by atoms with Gasteiger partial charge in [-0.05, 0) is 78.6 Å². The van der Waals surface area contributed by atoms with E-state index in [9.17, 15) is 19.1 Å². The number of rotatable bonds is 10. The second kappa shape index (κ2) is 11.4. The van der Waals surface area contributed by atoms with Crippen molar-refractivity contribution >= 4 is 34.1 Å². The number of aliphatic hydroxyl groups excluding tert-OH is 1. The third kappa shape index (κ3) is 5.62. The van der Waals surface area contributed by atoms with E-state index in [1.807, 2.05) is 0 Å². The molecule has 0 radical (unpaired) electrons. The highest BCUT2D eigenvalue weighted by Gasteiger charge is 2.56. The largest absolute Gasteiger partial charge is 0.500 e. The zero-order valence-electron chi connectivity index (χ0n) is 23.2. The number of benzene rings is 3. The van der Waals surface area contributed by atoms with Gasteiger partial charge in [0.25, 0.3) is 0 Å². The number of amides is 2. The molecule has 0 aliphatic heterocycles. The van der Waals surface area contributed by atoms with Crippen molar-refractivity contribution in [3.8, 4) is 23.0 Å². The number of ether oxygens (including phenoxy) is 3. The van der Waals surface area contributed by atoms with Gasteiger partial charge in [0.2, 0.25) is 11.8 Å². The minimum atomic E-state index is -1.30. The number of halogens is 2. The summed E-state index contributed by atoms with van der Waals surface area (Å²) in [5.41, 5.74) is 7.82. The molecule has 220 valence electrons. The summed E-state index contributed by atoms with van der Waals surface area (Å²) in [5, 5.41) is 15.5. The van der Waals surface area contributed by atoms with Crippen LogP contribution in [0.1, 0.15) is 12.8 Å². The van der Waals surface area contributed by atoms with Crippen molar-refractivity contribution in [2.24, 2.45) is 5.41 Å². The number of nitrogens with zero attached hydrogens (tertiary/aromatic N) is 1. The Morgan fingerprint density at radius 3 is 2.30 bits per heavy atom. The number of methoxy groups -OCH3 is 1. The van der Waals surface area contributed by atoms with Gasteiger partial charge in [-0.3, -0.25) is 14.6 Å². The highest BCUT2D eigenvalue weighted by molar-refractivity contribution is 6.16. The Morgan fingerprint density at radius 2 is 1.64 bits per heavy atom. The van der Waals surface area contributed by atoms with Gasteiger partial charge >= 0.3 is 0 Å². The first-order valence-electron chi connectivity index (χ1n) is 13.4. The molecule has 0 bridgehead atoms. The van der Waals surface area contributed by atoms with Crippen molar-refractivity contribution < 1.29 is 37.7 Å². The van der Waals surface area contributed by atoms with Gasteiger partial charge in [-0.1, -0.05) is 0 Å². The average molecular weight is 596 g/mol. The molecule has 4 aromatic rings. The fraction of sp³-hybridized carbons (Fsp3) is 0.152. The summed E-state index contributed by atoms with van der Waals surface area (Å²) in [6.45, 7) is -0.00195. The van der Waals surface area contributed by atoms with E-state index in [1.165, 1.54) is 49.7 Å². The van der Waals surface area contributed by atoms with Crippen molar-refractivity contribution in [3.63, 3.8) is 0 Å². The topological polar surface area (TPSA) is 119 Å². The molecule has 0 unspecified atom stereocenters. The fourth-order valence-electron chi connectivity index (χ4n) is 4.54. The summed E-state index contributed by atoms with van der Waals surface area (Å²) in [4.78, 5) is 30.2. The van der Waals surface area contributed by atoms with Gasteiger partial charge in [-0.25, -0.2) is 8.78 Å². The zero-order chi connectivity index (χ0) is 30.8. The minimum Gasteiger partial charge on any atom is -0.500 e. The monoisotopic (exact) mass is 595 g/mol. The number of fused-ring (bicyclic) bond motifs is 1. The van der Waals surface area contributed by atoms with Gasteiger partial charge in [0.1, 0.15) is 23.6 Å². The fourth-order valence-corrected chi connectivity index (χ4v) is 4.54. The zero-order valence-corrected chi connectivity index (χ0v) is 23.2. The molecule has 3 N–H and O–H groups in total. The van der Waals surface area contributed by atoms with Crippen LogP contribution in [0.15, 0.2) is 95.4 Å².